The van der Waals surface area contributed by atoms with E-state index >= 15 is 0 Å². The van der Waals surface area contributed by atoms with E-state index in [9.17, 15) is 0 Å². The van der Waals surface area contributed by atoms with Crippen LogP contribution in [0.5, 0.6) is 11.5 Å². The number of ether oxygens (including phenoxy) is 2. The van der Waals surface area contributed by atoms with Gasteiger partial charge >= 0.3 is 0 Å². The highest BCUT2D eigenvalue weighted by molar-refractivity contribution is 6.18. The standard InChI is InChI=1S/C12H18ClNO2/c1-14(8-7-13)9-10-16-12-5-3-11(15-2)4-6-12/h3-6H,7-10H2,1-2H3. The van der Waals surface area contributed by atoms with Gasteiger partial charge in [-0.25, -0.2) is 0 Å². The fourth-order valence-electron chi connectivity index (χ4n) is 1.25. The summed E-state index contributed by atoms with van der Waals surface area (Å²) in [6.45, 7) is 2.42. The number of alkyl halides is 1. The van der Waals surface area contributed by atoms with Crippen molar-refractivity contribution in [2.75, 3.05) is 39.7 Å². The van der Waals surface area contributed by atoms with Crippen molar-refractivity contribution in [3.05, 3.63) is 24.3 Å². The zero-order valence-electron chi connectivity index (χ0n) is 9.78. The van der Waals surface area contributed by atoms with Gasteiger partial charge in [-0.1, -0.05) is 0 Å². The Morgan fingerprint density at radius 2 is 1.75 bits per heavy atom. The van der Waals surface area contributed by atoms with Crippen LogP contribution in [0, 0.1) is 0 Å². The summed E-state index contributed by atoms with van der Waals surface area (Å²) in [5.74, 6) is 2.35. The number of hydrogen-bond acceptors (Lipinski definition) is 3. The second-order valence-corrected chi connectivity index (χ2v) is 3.89. The Balaban J connectivity index is 2.26. The molecule has 0 heterocycles. The molecule has 0 unspecified atom stereocenters. The zero-order chi connectivity index (χ0) is 11.8. The summed E-state index contributed by atoms with van der Waals surface area (Å²) in [7, 11) is 3.68. The predicted octanol–water partition coefficient (Wildman–Crippen LogP) is 2.24. The molecule has 0 fully saturated rings. The van der Waals surface area contributed by atoms with Crippen molar-refractivity contribution < 1.29 is 9.47 Å². The average Bonchev–Trinajstić information content (AvgIpc) is 2.30. The maximum atomic E-state index is 5.63. The number of benzene rings is 1. The molecule has 3 nitrogen and oxygen atoms in total. The van der Waals surface area contributed by atoms with Crippen LogP contribution in [0.3, 0.4) is 0 Å². The third-order valence-corrected chi connectivity index (χ3v) is 2.44. The maximum Gasteiger partial charge on any atom is 0.119 e. The Kier molecular flexibility index (Phi) is 6.04. The largest absolute Gasteiger partial charge is 0.497 e. The summed E-state index contributed by atoms with van der Waals surface area (Å²) in [6, 6.07) is 7.58. The lowest BCUT2D eigenvalue weighted by atomic mass is 10.3. The Morgan fingerprint density at radius 1 is 1.12 bits per heavy atom. The average molecular weight is 244 g/mol. The highest BCUT2D eigenvalue weighted by Gasteiger charge is 1.98. The molecule has 0 saturated carbocycles. The van der Waals surface area contributed by atoms with E-state index in [1.54, 1.807) is 7.11 Å². The van der Waals surface area contributed by atoms with Crippen molar-refractivity contribution in [3.63, 3.8) is 0 Å². The van der Waals surface area contributed by atoms with Gasteiger partial charge in [0, 0.05) is 19.0 Å². The van der Waals surface area contributed by atoms with Crippen LogP contribution >= 0.6 is 11.6 Å². The molecule has 0 atom stereocenters. The summed E-state index contributed by atoms with van der Waals surface area (Å²) < 4.78 is 10.6. The third-order valence-electron chi connectivity index (χ3n) is 2.27. The van der Waals surface area contributed by atoms with Gasteiger partial charge < -0.3 is 14.4 Å². The first-order chi connectivity index (χ1) is 7.76. The SMILES string of the molecule is COc1ccc(OCCN(C)CCCl)cc1. The molecule has 4 heteroatoms. The minimum Gasteiger partial charge on any atom is -0.497 e. The Morgan fingerprint density at radius 3 is 2.31 bits per heavy atom. The Bertz CT molecular complexity index is 290. The van der Waals surface area contributed by atoms with Gasteiger partial charge in [-0.15, -0.1) is 11.6 Å². The molecule has 0 radical (unpaired) electrons. The molecule has 0 spiro atoms. The normalized spacial score (nSPS) is 10.5. The highest BCUT2D eigenvalue weighted by Crippen LogP contribution is 2.16. The van der Waals surface area contributed by atoms with Gasteiger partial charge in [0.1, 0.15) is 18.1 Å². The Labute approximate surface area is 102 Å². The minimum atomic E-state index is 0.652. The predicted molar refractivity (Wildman–Crippen MR) is 66.7 cm³/mol. The van der Waals surface area contributed by atoms with E-state index in [1.165, 1.54) is 0 Å². The van der Waals surface area contributed by atoms with Gasteiger partial charge in [0.15, 0.2) is 0 Å². The summed E-state index contributed by atoms with van der Waals surface area (Å²) in [5.41, 5.74) is 0. The molecular formula is C12H18ClNO2. The van der Waals surface area contributed by atoms with Gasteiger partial charge in [-0.3, -0.25) is 0 Å². The molecule has 0 saturated heterocycles. The molecule has 16 heavy (non-hydrogen) atoms. The van der Waals surface area contributed by atoms with Gasteiger partial charge in [-0.2, -0.15) is 0 Å². The van der Waals surface area contributed by atoms with Crippen LogP contribution in [-0.4, -0.2) is 44.6 Å². The van der Waals surface area contributed by atoms with E-state index in [0.717, 1.165) is 24.6 Å². The molecule has 1 aromatic carbocycles. The molecule has 0 aromatic heterocycles. The zero-order valence-corrected chi connectivity index (χ0v) is 10.5. The van der Waals surface area contributed by atoms with Crippen molar-refractivity contribution in [3.8, 4) is 11.5 Å². The quantitative estimate of drug-likeness (QED) is 0.686. The molecule has 0 aliphatic heterocycles. The molecular weight excluding hydrogens is 226 g/mol. The number of rotatable bonds is 7. The fourth-order valence-corrected chi connectivity index (χ4v) is 1.54. The molecule has 1 aromatic rings. The molecule has 0 amide bonds. The van der Waals surface area contributed by atoms with Crippen molar-refractivity contribution in [1.82, 2.24) is 4.90 Å². The van der Waals surface area contributed by atoms with Crippen molar-refractivity contribution >= 4 is 11.6 Å². The molecule has 0 N–H and O–H groups in total. The molecule has 1 rings (SSSR count). The van der Waals surface area contributed by atoms with Crippen LogP contribution in [0.25, 0.3) is 0 Å². The topological polar surface area (TPSA) is 21.7 Å². The summed E-state index contributed by atoms with van der Waals surface area (Å²) in [6.07, 6.45) is 0. The lowest BCUT2D eigenvalue weighted by Crippen LogP contribution is -2.26. The van der Waals surface area contributed by atoms with Crippen LogP contribution in [0.15, 0.2) is 24.3 Å². The lowest BCUT2D eigenvalue weighted by Gasteiger charge is -2.15. The smallest absolute Gasteiger partial charge is 0.119 e. The first-order valence-corrected chi connectivity index (χ1v) is 5.81. The van der Waals surface area contributed by atoms with Crippen molar-refractivity contribution in [2.24, 2.45) is 0 Å². The minimum absolute atomic E-state index is 0.652. The number of nitrogens with zero attached hydrogens (tertiary/aromatic N) is 1. The van der Waals surface area contributed by atoms with Crippen molar-refractivity contribution in [2.45, 2.75) is 0 Å². The second-order valence-electron chi connectivity index (χ2n) is 3.52. The number of hydrogen-bond donors (Lipinski definition) is 0. The van der Waals surface area contributed by atoms with Crippen molar-refractivity contribution in [1.29, 1.82) is 0 Å². The summed E-state index contributed by atoms with van der Waals surface area (Å²) >= 11 is 5.63. The van der Waals surface area contributed by atoms with E-state index in [-0.39, 0.29) is 0 Å². The molecule has 0 aliphatic rings. The number of methoxy groups -OCH3 is 1. The van der Waals surface area contributed by atoms with Crippen LogP contribution in [0.2, 0.25) is 0 Å². The molecule has 0 aliphatic carbocycles. The summed E-state index contributed by atoms with van der Waals surface area (Å²) in [4.78, 5) is 2.14. The van der Waals surface area contributed by atoms with Gasteiger partial charge in [0.2, 0.25) is 0 Å². The van der Waals surface area contributed by atoms with E-state index in [1.807, 2.05) is 31.3 Å². The monoisotopic (exact) mass is 243 g/mol. The first kappa shape index (κ1) is 13.1. The van der Waals surface area contributed by atoms with Crippen LogP contribution in [0.4, 0.5) is 0 Å². The van der Waals surface area contributed by atoms with Crippen LogP contribution in [0.1, 0.15) is 0 Å². The van der Waals surface area contributed by atoms with Gasteiger partial charge in [-0.05, 0) is 31.3 Å². The van der Waals surface area contributed by atoms with Crippen LogP contribution in [-0.2, 0) is 0 Å². The first-order valence-electron chi connectivity index (χ1n) is 5.27. The fraction of sp³-hybridized carbons (Fsp3) is 0.500. The number of likely N-dealkylation sites (N-methyl/N-ethyl adjacent to an activating group) is 1. The third kappa shape index (κ3) is 4.73. The van der Waals surface area contributed by atoms with Gasteiger partial charge in [0.25, 0.3) is 0 Å². The number of halogens is 1. The van der Waals surface area contributed by atoms with Gasteiger partial charge in [0.05, 0.1) is 7.11 Å². The highest BCUT2D eigenvalue weighted by atomic mass is 35.5. The molecule has 90 valence electrons. The second kappa shape index (κ2) is 7.36. The summed E-state index contributed by atoms with van der Waals surface area (Å²) in [5, 5.41) is 0. The van der Waals surface area contributed by atoms with E-state index in [2.05, 4.69) is 4.90 Å². The maximum absolute atomic E-state index is 5.63. The van der Waals surface area contributed by atoms with E-state index in [0.29, 0.717) is 12.5 Å². The van der Waals surface area contributed by atoms with E-state index < -0.39 is 0 Å². The molecule has 0 bridgehead atoms. The lowest BCUT2D eigenvalue weighted by molar-refractivity contribution is 0.244. The van der Waals surface area contributed by atoms with Crippen LogP contribution < -0.4 is 9.47 Å². The Hall–Kier alpha value is -0.930. The van der Waals surface area contributed by atoms with E-state index in [4.69, 9.17) is 21.1 Å².